The Labute approximate surface area is 113 Å². The molecule has 1 aromatic carbocycles. The van der Waals surface area contributed by atoms with Crippen LogP contribution >= 0.6 is 0 Å². The number of hydrogen-bond acceptors (Lipinski definition) is 5. The highest BCUT2D eigenvalue weighted by Crippen LogP contribution is 2.27. The van der Waals surface area contributed by atoms with E-state index in [1.54, 1.807) is 7.11 Å². The van der Waals surface area contributed by atoms with Gasteiger partial charge in [-0.1, -0.05) is 0 Å². The number of hydrogen-bond donors (Lipinski definition) is 2. The number of aliphatic hydroxyl groups excluding tert-OH is 1. The predicted molar refractivity (Wildman–Crippen MR) is 73.6 cm³/mol. The summed E-state index contributed by atoms with van der Waals surface area (Å²) in [5, 5.41) is 12.8. The molecular weight excluding hydrogens is 246 g/mol. The summed E-state index contributed by atoms with van der Waals surface area (Å²) in [6.45, 7) is 4.25. The molecule has 5 heteroatoms. The summed E-state index contributed by atoms with van der Waals surface area (Å²) < 4.78 is 9.74. The van der Waals surface area contributed by atoms with E-state index in [0.717, 1.165) is 22.6 Å². The van der Waals surface area contributed by atoms with E-state index in [1.165, 1.54) is 7.11 Å². The summed E-state index contributed by atoms with van der Waals surface area (Å²) in [6, 6.07) is 3.77. The number of benzene rings is 1. The second kappa shape index (κ2) is 6.99. The first-order chi connectivity index (χ1) is 8.99. The van der Waals surface area contributed by atoms with E-state index in [9.17, 15) is 9.90 Å². The highest BCUT2D eigenvalue weighted by atomic mass is 16.5. The second-order valence-electron chi connectivity index (χ2n) is 4.38. The van der Waals surface area contributed by atoms with Crippen LogP contribution in [0.5, 0.6) is 5.75 Å². The maximum atomic E-state index is 11.0. The molecule has 0 saturated carbocycles. The molecule has 0 bridgehead atoms. The van der Waals surface area contributed by atoms with Gasteiger partial charge in [0.1, 0.15) is 5.75 Å². The first kappa shape index (κ1) is 15.3. The van der Waals surface area contributed by atoms with Crippen LogP contribution in [0.15, 0.2) is 12.1 Å². The molecule has 0 fully saturated rings. The first-order valence-corrected chi connectivity index (χ1v) is 6.12. The molecule has 0 radical (unpaired) electrons. The van der Waals surface area contributed by atoms with Crippen molar-refractivity contribution in [3.63, 3.8) is 0 Å². The van der Waals surface area contributed by atoms with E-state index in [-0.39, 0.29) is 6.42 Å². The summed E-state index contributed by atoms with van der Waals surface area (Å²) >= 11 is 0. The molecule has 1 unspecified atom stereocenters. The van der Waals surface area contributed by atoms with E-state index < -0.39 is 12.1 Å². The van der Waals surface area contributed by atoms with Crippen LogP contribution < -0.4 is 10.1 Å². The van der Waals surface area contributed by atoms with Gasteiger partial charge in [0, 0.05) is 12.2 Å². The fourth-order valence-corrected chi connectivity index (χ4v) is 1.78. The van der Waals surface area contributed by atoms with Crippen LogP contribution in [0.1, 0.15) is 17.5 Å². The Morgan fingerprint density at radius 1 is 1.32 bits per heavy atom. The smallest absolute Gasteiger partial charge is 0.308 e. The van der Waals surface area contributed by atoms with E-state index in [2.05, 4.69) is 10.1 Å². The number of carbonyl (C=O) groups excluding carboxylic acids is 1. The van der Waals surface area contributed by atoms with E-state index in [4.69, 9.17) is 4.74 Å². The van der Waals surface area contributed by atoms with Crippen molar-refractivity contribution in [2.45, 2.75) is 26.4 Å². The highest BCUT2D eigenvalue weighted by molar-refractivity contribution is 5.69. The molecule has 0 aliphatic rings. The Kier molecular flexibility index (Phi) is 5.63. The average Bonchev–Trinajstić information content (AvgIpc) is 2.40. The third-order valence-corrected chi connectivity index (χ3v) is 3.12. The third kappa shape index (κ3) is 4.13. The van der Waals surface area contributed by atoms with Crippen molar-refractivity contribution >= 4 is 11.7 Å². The molecule has 0 saturated heterocycles. The molecule has 0 heterocycles. The normalized spacial score (nSPS) is 11.8. The Morgan fingerprint density at radius 3 is 2.58 bits per heavy atom. The van der Waals surface area contributed by atoms with Crippen LogP contribution in [0, 0.1) is 13.8 Å². The lowest BCUT2D eigenvalue weighted by molar-refractivity contribution is -0.142. The molecule has 1 atom stereocenters. The van der Waals surface area contributed by atoms with Crippen molar-refractivity contribution in [2.24, 2.45) is 0 Å². The van der Waals surface area contributed by atoms with Gasteiger partial charge in [-0.3, -0.25) is 4.79 Å². The van der Waals surface area contributed by atoms with Crippen LogP contribution in [-0.2, 0) is 9.53 Å². The molecule has 1 rings (SSSR count). The number of methoxy groups -OCH3 is 2. The van der Waals surface area contributed by atoms with E-state index >= 15 is 0 Å². The van der Waals surface area contributed by atoms with E-state index in [1.807, 2.05) is 26.0 Å². The number of nitrogens with one attached hydrogen (secondary N) is 1. The monoisotopic (exact) mass is 267 g/mol. The molecule has 0 aromatic heterocycles. The Morgan fingerprint density at radius 2 is 2.00 bits per heavy atom. The van der Waals surface area contributed by atoms with Gasteiger partial charge in [-0.15, -0.1) is 0 Å². The average molecular weight is 267 g/mol. The van der Waals surface area contributed by atoms with Gasteiger partial charge in [0.25, 0.3) is 0 Å². The van der Waals surface area contributed by atoms with Crippen molar-refractivity contribution in [3.05, 3.63) is 23.3 Å². The number of aliphatic hydroxyl groups is 1. The molecule has 19 heavy (non-hydrogen) atoms. The van der Waals surface area contributed by atoms with Gasteiger partial charge < -0.3 is 19.9 Å². The van der Waals surface area contributed by atoms with Crippen molar-refractivity contribution in [1.29, 1.82) is 0 Å². The van der Waals surface area contributed by atoms with Crippen molar-refractivity contribution in [1.82, 2.24) is 0 Å². The van der Waals surface area contributed by atoms with Gasteiger partial charge in [0.2, 0.25) is 0 Å². The van der Waals surface area contributed by atoms with Crippen LogP contribution in [-0.4, -0.2) is 37.9 Å². The molecule has 5 nitrogen and oxygen atoms in total. The standard InChI is InChI=1S/C14H21NO4/c1-9-10(2)13(18-3)6-5-12(9)15-8-11(16)7-14(17)19-4/h5-6,11,15-16H,7-8H2,1-4H3. The maximum absolute atomic E-state index is 11.0. The summed E-state index contributed by atoms with van der Waals surface area (Å²) in [4.78, 5) is 11.0. The molecule has 0 aliphatic carbocycles. The zero-order valence-electron chi connectivity index (χ0n) is 11.8. The zero-order chi connectivity index (χ0) is 14.4. The molecule has 106 valence electrons. The third-order valence-electron chi connectivity index (χ3n) is 3.12. The quantitative estimate of drug-likeness (QED) is 0.767. The minimum atomic E-state index is -0.769. The van der Waals surface area contributed by atoms with Crippen LogP contribution in [0.4, 0.5) is 5.69 Å². The first-order valence-electron chi connectivity index (χ1n) is 6.12. The molecular formula is C14H21NO4. The maximum Gasteiger partial charge on any atom is 0.308 e. The molecule has 2 N–H and O–H groups in total. The highest BCUT2D eigenvalue weighted by Gasteiger charge is 2.12. The largest absolute Gasteiger partial charge is 0.496 e. The predicted octanol–water partition coefficient (Wildman–Crippen LogP) is 1.65. The van der Waals surface area contributed by atoms with Gasteiger partial charge in [-0.05, 0) is 37.1 Å². The van der Waals surface area contributed by atoms with Crippen LogP contribution in [0.2, 0.25) is 0 Å². The fourth-order valence-electron chi connectivity index (χ4n) is 1.78. The topological polar surface area (TPSA) is 67.8 Å². The zero-order valence-corrected chi connectivity index (χ0v) is 11.8. The lowest BCUT2D eigenvalue weighted by Gasteiger charge is -2.16. The number of carbonyl (C=O) groups is 1. The van der Waals surface area contributed by atoms with Crippen LogP contribution in [0.25, 0.3) is 0 Å². The van der Waals surface area contributed by atoms with Crippen molar-refractivity contribution in [2.75, 3.05) is 26.1 Å². The molecule has 0 spiro atoms. The summed E-state index contributed by atoms with van der Waals surface area (Å²) in [6.07, 6.45) is -0.785. The number of esters is 1. The van der Waals surface area contributed by atoms with Crippen molar-refractivity contribution < 1.29 is 19.4 Å². The number of rotatable bonds is 6. The van der Waals surface area contributed by atoms with Gasteiger partial charge >= 0.3 is 5.97 Å². The summed E-state index contributed by atoms with van der Waals surface area (Å²) in [7, 11) is 2.94. The SMILES string of the molecule is COC(=O)CC(O)CNc1ccc(OC)c(C)c1C. The lowest BCUT2D eigenvalue weighted by Crippen LogP contribution is -2.23. The number of ether oxygens (including phenoxy) is 2. The van der Waals surface area contributed by atoms with Gasteiger partial charge in [-0.2, -0.15) is 0 Å². The van der Waals surface area contributed by atoms with E-state index in [0.29, 0.717) is 6.54 Å². The lowest BCUT2D eigenvalue weighted by atomic mass is 10.1. The Bertz CT molecular complexity index is 445. The molecule has 0 amide bonds. The molecule has 0 aliphatic heterocycles. The fraction of sp³-hybridized carbons (Fsp3) is 0.500. The van der Waals surface area contributed by atoms with Gasteiger partial charge in [0.05, 0.1) is 26.7 Å². The Hall–Kier alpha value is -1.75. The minimum Gasteiger partial charge on any atom is -0.496 e. The van der Waals surface area contributed by atoms with Crippen LogP contribution in [0.3, 0.4) is 0 Å². The van der Waals surface area contributed by atoms with Gasteiger partial charge in [-0.25, -0.2) is 0 Å². The van der Waals surface area contributed by atoms with Crippen molar-refractivity contribution in [3.8, 4) is 5.75 Å². The number of anilines is 1. The molecule has 1 aromatic rings. The van der Waals surface area contributed by atoms with Gasteiger partial charge in [0.15, 0.2) is 0 Å². The Balaban J connectivity index is 2.63. The summed E-state index contributed by atoms with van der Waals surface area (Å²) in [5.41, 5.74) is 3.03. The second-order valence-corrected chi connectivity index (χ2v) is 4.38. The summed E-state index contributed by atoms with van der Waals surface area (Å²) in [5.74, 6) is 0.412. The minimum absolute atomic E-state index is 0.0162.